The number of hydrogen-bond donors (Lipinski definition) is 3. The van der Waals surface area contributed by atoms with Gasteiger partial charge in [0.15, 0.2) is 0 Å². The van der Waals surface area contributed by atoms with Crippen LogP contribution in [0.1, 0.15) is 27.2 Å². The van der Waals surface area contributed by atoms with Gasteiger partial charge in [-0.25, -0.2) is 0 Å². The van der Waals surface area contributed by atoms with E-state index in [4.69, 9.17) is 15.6 Å². The molecule has 0 aromatic rings. The van der Waals surface area contributed by atoms with Crippen molar-refractivity contribution in [2.75, 3.05) is 6.61 Å². The summed E-state index contributed by atoms with van der Waals surface area (Å²) >= 11 is 0. The van der Waals surface area contributed by atoms with Crippen LogP contribution in [0.15, 0.2) is 0 Å². The van der Waals surface area contributed by atoms with Crippen molar-refractivity contribution in [1.82, 2.24) is 0 Å². The fraction of sp³-hybridized carbons (Fsp3) is 1.00. The summed E-state index contributed by atoms with van der Waals surface area (Å²) in [6, 6.07) is -0.179. The maximum atomic E-state index is 9.82. The van der Waals surface area contributed by atoms with E-state index in [0.717, 1.165) is 0 Å². The van der Waals surface area contributed by atoms with E-state index in [-0.39, 0.29) is 30.3 Å². The van der Waals surface area contributed by atoms with Gasteiger partial charge in [0, 0.05) is 18.6 Å². The molecule has 4 N–H and O–H groups in total. The minimum absolute atomic E-state index is 0.0289. The lowest BCUT2D eigenvalue weighted by Crippen LogP contribution is -2.43. The highest BCUT2D eigenvalue weighted by atomic mass is 16.5. The van der Waals surface area contributed by atoms with Crippen LogP contribution in [0.5, 0.6) is 0 Å². The summed E-state index contributed by atoms with van der Waals surface area (Å²) in [5, 5.41) is 18.8. The molecule has 1 aliphatic carbocycles. The van der Waals surface area contributed by atoms with Gasteiger partial charge in [-0.05, 0) is 27.2 Å². The van der Waals surface area contributed by atoms with Crippen molar-refractivity contribution < 1.29 is 14.9 Å². The van der Waals surface area contributed by atoms with Crippen molar-refractivity contribution in [2.24, 2.45) is 11.7 Å². The number of nitrogens with two attached hydrogens (primary N) is 1. The first kappa shape index (κ1) is 11.9. The zero-order chi connectivity index (χ0) is 10.9. The van der Waals surface area contributed by atoms with E-state index in [1.54, 1.807) is 0 Å². The number of ether oxygens (including phenoxy) is 1. The van der Waals surface area contributed by atoms with Gasteiger partial charge in [0.25, 0.3) is 0 Å². The van der Waals surface area contributed by atoms with Crippen LogP contribution in [-0.2, 0) is 4.74 Å². The van der Waals surface area contributed by atoms with Gasteiger partial charge in [-0.3, -0.25) is 0 Å². The highest BCUT2D eigenvalue weighted by Crippen LogP contribution is 2.30. The molecule has 0 spiro atoms. The lowest BCUT2D eigenvalue weighted by molar-refractivity contribution is -0.111. The maximum Gasteiger partial charge on any atom is 0.0995 e. The van der Waals surface area contributed by atoms with Gasteiger partial charge in [0.2, 0.25) is 0 Å². The van der Waals surface area contributed by atoms with E-state index in [0.29, 0.717) is 6.42 Å². The van der Waals surface area contributed by atoms with Crippen LogP contribution < -0.4 is 5.73 Å². The molecule has 0 aromatic heterocycles. The molecule has 0 aliphatic heterocycles. The molecule has 0 unspecified atom stereocenters. The van der Waals surface area contributed by atoms with Gasteiger partial charge in [0.05, 0.1) is 17.8 Å². The Bertz CT molecular complexity index is 190. The summed E-state index contributed by atoms with van der Waals surface area (Å²) in [5.41, 5.74) is 5.53. The van der Waals surface area contributed by atoms with Crippen LogP contribution in [0, 0.1) is 5.92 Å². The Kier molecular flexibility index (Phi) is 3.53. The van der Waals surface area contributed by atoms with Crippen molar-refractivity contribution >= 4 is 0 Å². The maximum absolute atomic E-state index is 9.82. The first-order chi connectivity index (χ1) is 6.35. The summed E-state index contributed by atoms with van der Waals surface area (Å²) in [4.78, 5) is 0. The van der Waals surface area contributed by atoms with Gasteiger partial charge < -0.3 is 20.7 Å². The highest BCUT2D eigenvalue weighted by molar-refractivity contribution is 4.95. The van der Waals surface area contributed by atoms with Gasteiger partial charge in [-0.2, -0.15) is 0 Å². The standard InChI is InChI=1S/C10H21NO3/c1-10(2,3)14-9-7(11)4-6(5-12)8(9)13/h6-9,12-13H,4-5,11H2,1-3H3/t6-,7-,8-,9+/m1/s1. The second-order valence-electron chi connectivity index (χ2n) is 5.03. The molecule has 4 atom stereocenters. The minimum atomic E-state index is -0.644. The second-order valence-corrected chi connectivity index (χ2v) is 5.03. The van der Waals surface area contributed by atoms with Gasteiger partial charge in [-0.15, -0.1) is 0 Å². The Hall–Kier alpha value is -0.160. The molecule has 1 saturated carbocycles. The van der Waals surface area contributed by atoms with Crippen LogP contribution in [0.3, 0.4) is 0 Å². The molecule has 0 radical (unpaired) electrons. The SMILES string of the molecule is CC(C)(C)O[C@@H]1[C@H](O)[C@@H](CO)C[C@H]1N. The number of aliphatic hydroxyl groups is 2. The number of hydrogen-bond acceptors (Lipinski definition) is 4. The summed E-state index contributed by atoms with van der Waals surface area (Å²) in [7, 11) is 0. The van der Waals surface area contributed by atoms with Gasteiger partial charge >= 0.3 is 0 Å². The predicted octanol–water partition coefficient (Wildman–Crippen LogP) is -0.130. The quantitative estimate of drug-likeness (QED) is 0.584. The zero-order valence-corrected chi connectivity index (χ0v) is 9.10. The molecular weight excluding hydrogens is 182 g/mol. The van der Waals surface area contributed by atoms with Crippen LogP contribution in [0.25, 0.3) is 0 Å². The molecule has 0 amide bonds. The lowest BCUT2D eigenvalue weighted by Gasteiger charge is -2.29. The smallest absolute Gasteiger partial charge is 0.0995 e. The van der Waals surface area contributed by atoms with Gasteiger partial charge in [-0.1, -0.05) is 0 Å². The van der Waals surface area contributed by atoms with Crippen molar-refractivity contribution in [3.05, 3.63) is 0 Å². The number of aliphatic hydroxyl groups excluding tert-OH is 2. The summed E-state index contributed by atoms with van der Waals surface area (Å²) in [6.07, 6.45) is -0.375. The Labute approximate surface area is 85.1 Å². The monoisotopic (exact) mass is 203 g/mol. The normalized spacial score (nSPS) is 39.0. The van der Waals surface area contributed by atoms with E-state index in [1.165, 1.54) is 0 Å². The molecule has 14 heavy (non-hydrogen) atoms. The van der Waals surface area contributed by atoms with Crippen LogP contribution in [0.4, 0.5) is 0 Å². The van der Waals surface area contributed by atoms with E-state index >= 15 is 0 Å². The minimum Gasteiger partial charge on any atom is -0.396 e. The highest BCUT2D eigenvalue weighted by Gasteiger charge is 2.42. The average molecular weight is 203 g/mol. The largest absolute Gasteiger partial charge is 0.396 e. The van der Waals surface area contributed by atoms with Crippen molar-refractivity contribution in [2.45, 2.75) is 51.0 Å². The third-order valence-electron chi connectivity index (χ3n) is 2.54. The molecule has 0 bridgehead atoms. The Morgan fingerprint density at radius 1 is 1.43 bits per heavy atom. The molecule has 4 nitrogen and oxygen atoms in total. The Morgan fingerprint density at radius 3 is 2.36 bits per heavy atom. The Morgan fingerprint density at radius 2 is 2.00 bits per heavy atom. The molecule has 0 heterocycles. The summed E-state index contributed by atoms with van der Waals surface area (Å²) in [5.74, 6) is -0.141. The fourth-order valence-electron chi connectivity index (χ4n) is 1.89. The fourth-order valence-corrected chi connectivity index (χ4v) is 1.89. The zero-order valence-electron chi connectivity index (χ0n) is 9.10. The molecule has 4 heteroatoms. The lowest BCUT2D eigenvalue weighted by atomic mass is 10.1. The average Bonchev–Trinajstić information content (AvgIpc) is 2.29. The summed E-state index contributed by atoms with van der Waals surface area (Å²) in [6.45, 7) is 5.76. The van der Waals surface area contributed by atoms with Crippen molar-refractivity contribution in [1.29, 1.82) is 0 Å². The molecule has 1 rings (SSSR count). The van der Waals surface area contributed by atoms with Crippen LogP contribution in [0.2, 0.25) is 0 Å². The third kappa shape index (κ3) is 2.67. The van der Waals surface area contributed by atoms with Crippen LogP contribution in [-0.4, -0.2) is 40.7 Å². The van der Waals surface area contributed by atoms with Crippen molar-refractivity contribution in [3.63, 3.8) is 0 Å². The molecular formula is C10H21NO3. The predicted molar refractivity (Wildman–Crippen MR) is 53.8 cm³/mol. The summed E-state index contributed by atoms with van der Waals surface area (Å²) < 4.78 is 5.67. The molecule has 0 saturated heterocycles. The van der Waals surface area contributed by atoms with E-state index in [1.807, 2.05) is 20.8 Å². The Balaban J connectivity index is 2.61. The van der Waals surface area contributed by atoms with E-state index in [9.17, 15) is 5.11 Å². The molecule has 1 aliphatic rings. The topological polar surface area (TPSA) is 75.7 Å². The first-order valence-electron chi connectivity index (χ1n) is 5.07. The third-order valence-corrected chi connectivity index (χ3v) is 2.54. The van der Waals surface area contributed by atoms with E-state index in [2.05, 4.69) is 0 Å². The van der Waals surface area contributed by atoms with Crippen LogP contribution >= 0.6 is 0 Å². The molecule has 1 fully saturated rings. The molecule has 84 valence electrons. The number of rotatable bonds is 2. The first-order valence-corrected chi connectivity index (χ1v) is 5.07. The molecule has 0 aromatic carbocycles. The van der Waals surface area contributed by atoms with Gasteiger partial charge in [0.1, 0.15) is 0 Å². The van der Waals surface area contributed by atoms with E-state index < -0.39 is 6.10 Å². The van der Waals surface area contributed by atoms with Crippen molar-refractivity contribution in [3.8, 4) is 0 Å². The second kappa shape index (κ2) is 4.14.